The minimum atomic E-state index is 0.340. The average molecular weight is 282 g/mol. The minimum absolute atomic E-state index is 0.340. The van der Waals surface area contributed by atoms with E-state index < -0.39 is 0 Å². The number of hydrogen-bond donors (Lipinski definition) is 1. The second kappa shape index (κ2) is 7.96. The number of nitrogens with two attached hydrogens (primary N) is 1. The van der Waals surface area contributed by atoms with Gasteiger partial charge >= 0.3 is 0 Å². The van der Waals surface area contributed by atoms with Gasteiger partial charge in [0.05, 0.1) is 7.11 Å². The van der Waals surface area contributed by atoms with Gasteiger partial charge in [0.1, 0.15) is 23.1 Å². The van der Waals surface area contributed by atoms with Crippen LogP contribution >= 0.6 is 12.2 Å². The van der Waals surface area contributed by atoms with Crippen molar-refractivity contribution in [1.29, 1.82) is 0 Å². The zero-order chi connectivity index (χ0) is 14.3. The monoisotopic (exact) mass is 282 g/mol. The van der Waals surface area contributed by atoms with Crippen LogP contribution in [0.25, 0.3) is 0 Å². The van der Waals surface area contributed by atoms with Crippen molar-refractivity contribution in [3.63, 3.8) is 0 Å². The molecule has 0 spiro atoms. The fourth-order valence-electron chi connectivity index (χ4n) is 1.75. The van der Waals surface area contributed by atoms with E-state index in [4.69, 9.17) is 27.4 Å². The molecule has 0 atom stereocenters. The number of ether oxygens (including phenoxy) is 2. The van der Waals surface area contributed by atoms with Crippen LogP contribution in [0.5, 0.6) is 11.5 Å². The molecule has 5 heteroatoms. The van der Waals surface area contributed by atoms with E-state index in [1.165, 1.54) is 0 Å². The van der Waals surface area contributed by atoms with Crippen molar-refractivity contribution >= 4 is 17.2 Å². The van der Waals surface area contributed by atoms with E-state index in [1.807, 2.05) is 12.1 Å². The van der Waals surface area contributed by atoms with Crippen molar-refractivity contribution in [3.05, 3.63) is 23.8 Å². The van der Waals surface area contributed by atoms with Crippen LogP contribution in [0.1, 0.15) is 19.4 Å². The first kappa shape index (κ1) is 15.7. The van der Waals surface area contributed by atoms with Crippen molar-refractivity contribution < 1.29 is 9.47 Å². The van der Waals surface area contributed by atoms with Crippen molar-refractivity contribution in [2.75, 3.05) is 33.4 Å². The maximum Gasteiger partial charge on any atom is 0.123 e. The maximum atomic E-state index is 5.74. The first-order chi connectivity index (χ1) is 9.10. The number of likely N-dealkylation sites (N-methyl/N-ethyl adjacent to an activating group) is 1. The Kier molecular flexibility index (Phi) is 6.59. The maximum absolute atomic E-state index is 5.74. The molecule has 1 rings (SSSR count). The molecule has 0 amide bonds. The summed E-state index contributed by atoms with van der Waals surface area (Å²) in [5, 5.41) is 0. The third-order valence-electron chi connectivity index (χ3n) is 2.97. The average Bonchev–Trinajstić information content (AvgIpc) is 2.43. The van der Waals surface area contributed by atoms with E-state index in [1.54, 1.807) is 13.2 Å². The van der Waals surface area contributed by atoms with E-state index in [0.29, 0.717) is 17.3 Å². The highest BCUT2D eigenvalue weighted by Crippen LogP contribution is 2.22. The van der Waals surface area contributed by atoms with Gasteiger partial charge in [-0.2, -0.15) is 0 Å². The van der Waals surface area contributed by atoms with Gasteiger partial charge in [0.25, 0.3) is 0 Å². The van der Waals surface area contributed by atoms with E-state index in [0.717, 1.165) is 30.9 Å². The second-order valence-corrected chi connectivity index (χ2v) is 4.58. The molecule has 0 aliphatic carbocycles. The van der Waals surface area contributed by atoms with Crippen molar-refractivity contribution in [2.24, 2.45) is 5.73 Å². The molecular weight excluding hydrogens is 260 g/mol. The molecular formula is C14H22N2O2S. The quantitative estimate of drug-likeness (QED) is 0.740. The molecule has 0 saturated heterocycles. The Labute approximate surface area is 120 Å². The topological polar surface area (TPSA) is 47.7 Å². The molecule has 0 saturated carbocycles. The number of rotatable bonds is 8. The van der Waals surface area contributed by atoms with Gasteiger partial charge < -0.3 is 20.1 Å². The van der Waals surface area contributed by atoms with Gasteiger partial charge in [0.2, 0.25) is 0 Å². The third kappa shape index (κ3) is 5.04. The minimum Gasteiger partial charge on any atom is -0.497 e. The van der Waals surface area contributed by atoms with Gasteiger partial charge in [-0.3, -0.25) is 0 Å². The normalized spacial score (nSPS) is 10.5. The Bertz CT molecular complexity index is 420. The summed E-state index contributed by atoms with van der Waals surface area (Å²) in [6.45, 7) is 7.85. The Morgan fingerprint density at radius 3 is 2.37 bits per heavy atom. The second-order valence-electron chi connectivity index (χ2n) is 4.14. The number of benzene rings is 1. The Balaban J connectivity index is 2.67. The van der Waals surface area contributed by atoms with Crippen LogP contribution in [0.2, 0.25) is 0 Å². The van der Waals surface area contributed by atoms with Crippen molar-refractivity contribution in [3.8, 4) is 11.5 Å². The summed E-state index contributed by atoms with van der Waals surface area (Å²) in [5.74, 6) is 1.43. The highest BCUT2D eigenvalue weighted by atomic mass is 32.1. The number of nitrogens with zero attached hydrogens (tertiary/aromatic N) is 1. The van der Waals surface area contributed by atoms with E-state index in [9.17, 15) is 0 Å². The lowest BCUT2D eigenvalue weighted by Gasteiger charge is -2.18. The summed E-state index contributed by atoms with van der Waals surface area (Å²) in [6.07, 6.45) is 0. The Hall–Kier alpha value is -1.33. The Morgan fingerprint density at radius 1 is 1.21 bits per heavy atom. The van der Waals surface area contributed by atoms with Gasteiger partial charge in [-0.1, -0.05) is 26.1 Å². The highest BCUT2D eigenvalue weighted by molar-refractivity contribution is 7.80. The predicted molar refractivity (Wildman–Crippen MR) is 82.2 cm³/mol. The molecule has 19 heavy (non-hydrogen) atoms. The molecule has 0 aliphatic rings. The lowest BCUT2D eigenvalue weighted by atomic mass is 10.2. The lowest BCUT2D eigenvalue weighted by molar-refractivity contribution is 0.222. The largest absolute Gasteiger partial charge is 0.497 e. The molecule has 0 heterocycles. The summed E-state index contributed by atoms with van der Waals surface area (Å²) >= 11 is 4.98. The first-order valence-electron chi connectivity index (χ1n) is 6.44. The smallest absolute Gasteiger partial charge is 0.123 e. The zero-order valence-electron chi connectivity index (χ0n) is 11.8. The molecule has 0 radical (unpaired) electrons. The van der Waals surface area contributed by atoms with Gasteiger partial charge in [-0.05, 0) is 25.2 Å². The molecule has 1 aromatic carbocycles. The van der Waals surface area contributed by atoms with Gasteiger partial charge in [-0.25, -0.2) is 0 Å². The number of methoxy groups -OCH3 is 1. The van der Waals surface area contributed by atoms with E-state index >= 15 is 0 Å². The summed E-state index contributed by atoms with van der Waals surface area (Å²) < 4.78 is 10.9. The molecule has 0 aliphatic heterocycles. The molecule has 0 aromatic heterocycles. The molecule has 0 unspecified atom stereocenters. The molecule has 1 aromatic rings. The molecule has 4 nitrogen and oxygen atoms in total. The van der Waals surface area contributed by atoms with Crippen molar-refractivity contribution in [2.45, 2.75) is 13.8 Å². The van der Waals surface area contributed by atoms with Crippen LogP contribution in [0.4, 0.5) is 0 Å². The van der Waals surface area contributed by atoms with E-state index in [2.05, 4.69) is 18.7 Å². The third-order valence-corrected chi connectivity index (χ3v) is 3.21. The molecule has 2 N–H and O–H groups in total. The summed E-state index contributed by atoms with van der Waals surface area (Å²) in [7, 11) is 1.61. The van der Waals surface area contributed by atoms with Crippen molar-refractivity contribution in [1.82, 2.24) is 4.90 Å². The number of hydrogen-bond acceptors (Lipinski definition) is 4. The molecule has 106 valence electrons. The zero-order valence-corrected chi connectivity index (χ0v) is 12.6. The van der Waals surface area contributed by atoms with Crippen LogP contribution in [0, 0.1) is 0 Å². The summed E-state index contributed by atoms with van der Waals surface area (Å²) in [4.78, 5) is 2.64. The van der Waals surface area contributed by atoms with Gasteiger partial charge in [0.15, 0.2) is 0 Å². The molecule has 0 fully saturated rings. The SMILES string of the molecule is CCN(CC)CCOc1cc(OC)cc(C(N)=S)c1. The van der Waals surface area contributed by atoms with Crippen LogP contribution in [-0.2, 0) is 0 Å². The van der Waals surface area contributed by atoms with Crippen LogP contribution in [0.15, 0.2) is 18.2 Å². The standard InChI is InChI=1S/C14H22N2O2S/c1-4-16(5-2)6-7-18-13-9-11(14(15)19)8-12(10-13)17-3/h8-10H,4-7H2,1-3H3,(H2,15,19). The van der Waals surface area contributed by atoms with Crippen LogP contribution < -0.4 is 15.2 Å². The number of thiocarbonyl (C=S) groups is 1. The van der Waals surface area contributed by atoms with Crippen LogP contribution in [0.3, 0.4) is 0 Å². The summed E-state index contributed by atoms with van der Waals surface area (Å²) in [6, 6.07) is 5.48. The highest BCUT2D eigenvalue weighted by Gasteiger charge is 2.05. The summed E-state index contributed by atoms with van der Waals surface area (Å²) in [5.41, 5.74) is 6.39. The Morgan fingerprint density at radius 2 is 1.84 bits per heavy atom. The predicted octanol–water partition coefficient (Wildman–Crippen LogP) is 2.05. The lowest BCUT2D eigenvalue weighted by Crippen LogP contribution is -2.27. The van der Waals surface area contributed by atoms with Crippen LogP contribution in [-0.4, -0.2) is 43.2 Å². The fraction of sp³-hybridized carbons (Fsp3) is 0.500. The molecule has 0 bridgehead atoms. The fourth-order valence-corrected chi connectivity index (χ4v) is 1.87. The van der Waals surface area contributed by atoms with E-state index in [-0.39, 0.29) is 0 Å². The van der Waals surface area contributed by atoms with Gasteiger partial charge in [-0.15, -0.1) is 0 Å². The van der Waals surface area contributed by atoms with Gasteiger partial charge in [0, 0.05) is 18.2 Å². The first-order valence-corrected chi connectivity index (χ1v) is 6.85.